The van der Waals surface area contributed by atoms with Crippen molar-refractivity contribution < 1.29 is 22.7 Å². The lowest BCUT2D eigenvalue weighted by Crippen LogP contribution is -2.38. The average Bonchev–Trinajstić information content (AvgIpc) is 2.79. The Morgan fingerprint density at radius 2 is 1.53 bits per heavy atom. The Balaban J connectivity index is 1.64. The van der Waals surface area contributed by atoms with Crippen molar-refractivity contribution in [2.24, 2.45) is 5.10 Å². The van der Waals surface area contributed by atoms with Crippen LogP contribution in [0.15, 0.2) is 84.0 Å². The molecule has 3 aromatic carbocycles. The third kappa shape index (κ3) is 6.58. The number of rotatable bonds is 9. The minimum Gasteiger partial charge on any atom is -0.497 e. The summed E-state index contributed by atoms with van der Waals surface area (Å²) in [5.74, 6) is 1.33. The lowest BCUT2D eigenvalue weighted by atomic mass is 10.2. The number of hydrogen-bond donors (Lipinski definition) is 1. The lowest BCUT2D eigenvalue weighted by Gasteiger charge is -2.21. The molecule has 0 aliphatic heterocycles. The van der Waals surface area contributed by atoms with Gasteiger partial charge in [0, 0.05) is 0 Å². The average molecular weight is 454 g/mol. The second-order valence-corrected chi connectivity index (χ2v) is 8.65. The van der Waals surface area contributed by atoms with Crippen LogP contribution in [0, 0.1) is 0 Å². The van der Waals surface area contributed by atoms with Gasteiger partial charge in [0.25, 0.3) is 5.91 Å². The third-order valence-corrected chi connectivity index (χ3v) is 5.45. The number of methoxy groups -OCH3 is 1. The Morgan fingerprint density at radius 1 is 0.938 bits per heavy atom. The molecule has 3 aromatic rings. The van der Waals surface area contributed by atoms with Crippen molar-refractivity contribution in [1.82, 2.24) is 5.43 Å². The van der Waals surface area contributed by atoms with Crippen LogP contribution in [0.25, 0.3) is 0 Å². The number of anilines is 1. The first-order valence-corrected chi connectivity index (χ1v) is 11.5. The Bertz CT molecular complexity index is 1160. The summed E-state index contributed by atoms with van der Waals surface area (Å²) in [4.78, 5) is 12.3. The highest BCUT2D eigenvalue weighted by Crippen LogP contribution is 2.25. The molecule has 166 valence electrons. The van der Waals surface area contributed by atoms with E-state index < -0.39 is 22.5 Å². The number of hydrazone groups is 1. The molecule has 32 heavy (non-hydrogen) atoms. The molecule has 0 saturated heterocycles. The zero-order chi connectivity index (χ0) is 23.0. The summed E-state index contributed by atoms with van der Waals surface area (Å²) in [6.07, 6.45) is 2.49. The minimum absolute atomic E-state index is 0.335. The van der Waals surface area contributed by atoms with E-state index in [2.05, 4.69) is 10.5 Å². The first kappa shape index (κ1) is 22.8. The summed E-state index contributed by atoms with van der Waals surface area (Å²) in [5, 5.41) is 3.88. The van der Waals surface area contributed by atoms with Gasteiger partial charge in [0.15, 0.2) is 0 Å². The van der Waals surface area contributed by atoms with Crippen molar-refractivity contribution in [1.29, 1.82) is 0 Å². The topological polar surface area (TPSA) is 97.3 Å². The standard InChI is InChI=1S/C23H23N3O5S/c1-30-20-12-8-18(9-13-20)16-24-25-23(27)17-26(32(2,28)29)19-10-14-22(15-11-19)31-21-6-4-3-5-7-21/h3-16H,17H2,1-2H3,(H,25,27)/b24-16-. The van der Waals surface area contributed by atoms with Crippen LogP contribution in [0.1, 0.15) is 5.56 Å². The summed E-state index contributed by atoms with van der Waals surface area (Å²) in [7, 11) is -2.13. The molecule has 9 heteroatoms. The summed E-state index contributed by atoms with van der Waals surface area (Å²) >= 11 is 0. The number of carbonyl (C=O) groups is 1. The van der Waals surface area contributed by atoms with Crippen molar-refractivity contribution in [2.45, 2.75) is 0 Å². The summed E-state index contributed by atoms with van der Waals surface area (Å²) in [6.45, 7) is -0.419. The van der Waals surface area contributed by atoms with E-state index in [-0.39, 0.29) is 0 Å². The lowest BCUT2D eigenvalue weighted by molar-refractivity contribution is -0.119. The molecule has 3 rings (SSSR count). The van der Waals surface area contributed by atoms with E-state index in [4.69, 9.17) is 9.47 Å². The van der Waals surface area contributed by atoms with E-state index in [9.17, 15) is 13.2 Å². The van der Waals surface area contributed by atoms with Gasteiger partial charge in [-0.25, -0.2) is 13.8 Å². The summed E-state index contributed by atoms with van der Waals surface area (Å²) in [5.41, 5.74) is 3.43. The first-order valence-electron chi connectivity index (χ1n) is 9.62. The Kier molecular flexibility index (Phi) is 7.45. The highest BCUT2D eigenvalue weighted by molar-refractivity contribution is 7.92. The zero-order valence-electron chi connectivity index (χ0n) is 17.6. The van der Waals surface area contributed by atoms with E-state index >= 15 is 0 Å². The Labute approximate surface area is 187 Å². The van der Waals surface area contributed by atoms with Gasteiger partial charge in [-0.1, -0.05) is 18.2 Å². The number of para-hydroxylation sites is 1. The van der Waals surface area contributed by atoms with Gasteiger partial charge in [-0.05, 0) is 66.2 Å². The predicted octanol–water partition coefficient (Wildman–Crippen LogP) is 3.40. The van der Waals surface area contributed by atoms with Crippen molar-refractivity contribution >= 4 is 27.8 Å². The van der Waals surface area contributed by atoms with Crippen molar-refractivity contribution in [3.05, 3.63) is 84.4 Å². The monoisotopic (exact) mass is 453 g/mol. The number of sulfonamides is 1. The second kappa shape index (κ2) is 10.5. The van der Waals surface area contributed by atoms with Crippen molar-refractivity contribution in [3.63, 3.8) is 0 Å². The van der Waals surface area contributed by atoms with E-state index in [1.807, 2.05) is 30.3 Å². The molecule has 0 aromatic heterocycles. The van der Waals surface area contributed by atoms with Crippen LogP contribution in [-0.4, -0.2) is 40.4 Å². The smallest absolute Gasteiger partial charge is 0.260 e. The molecule has 0 radical (unpaired) electrons. The van der Waals surface area contributed by atoms with Crippen LogP contribution >= 0.6 is 0 Å². The third-order valence-electron chi connectivity index (χ3n) is 4.31. The molecule has 0 saturated carbocycles. The molecule has 1 N–H and O–H groups in total. The number of amides is 1. The van der Waals surface area contributed by atoms with Crippen LogP contribution in [0.2, 0.25) is 0 Å². The van der Waals surface area contributed by atoms with Gasteiger partial charge >= 0.3 is 0 Å². The fraction of sp³-hybridized carbons (Fsp3) is 0.130. The van der Waals surface area contributed by atoms with Gasteiger partial charge in [0.1, 0.15) is 23.8 Å². The van der Waals surface area contributed by atoms with E-state index in [0.717, 1.165) is 16.1 Å². The molecule has 8 nitrogen and oxygen atoms in total. The molecular weight excluding hydrogens is 430 g/mol. The van der Waals surface area contributed by atoms with E-state index in [1.54, 1.807) is 55.6 Å². The number of hydrogen-bond acceptors (Lipinski definition) is 6. The minimum atomic E-state index is -3.70. The second-order valence-electron chi connectivity index (χ2n) is 6.74. The summed E-state index contributed by atoms with van der Waals surface area (Å²) in [6, 6.07) is 22.7. The SMILES string of the molecule is COc1ccc(/C=N\NC(=O)CN(c2ccc(Oc3ccccc3)cc2)S(C)(=O)=O)cc1. The highest BCUT2D eigenvalue weighted by atomic mass is 32.2. The van der Waals surface area contributed by atoms with Crippen molar-refractivity contribution in [3.8, 4) is 17.2 Å². The predicted molar refractivity (Wildman–Crippen MR) is 124 cm³/mol. The number of benzene rings is 3. The van der Waals surface area contributed by atoms with Gasteiger partial charge in [0.05, 0.1) is 25.3 Å². The fourth-order valence-corrected chi connectivity index (χ4v) is 3.60. The molecule has 0 aliphatic rings. The quantitative estimate of drug-likeness (QED) is 0.396. The van der Waals surface area contributed by atoms with Crippen molar-refractivity contribution in [2.75, 3.05) is 24.2 Å². The maximum absolute atomic E-state index is 12.3. The van der Waals surface area contributed by atoms with Crippen LogP contribution in [0.4, 0.5) is 5.69 Å². The first-order chi connectivity index (χ1) is 15.3. The van der Waals surface area contributed by atoms with Gasteiger partial charge in [0.2, 0.25) is 10.0 Å². The normalized spacial score (nSPS) is 11.2. The van der Waals surface area contributed by atoms with E-state index in [0.29, 0.717) is 22.9 Å². The maximum Gasteiger partial charge on any atom is 0.260 e. The number of nitrogens with one attached hydrogen (secondary N) is 1. The number of nitrogens with zero attached hydrogens (tertiary/aromatic N) is 2. The summed E-state index contributed by atoms with van der Waals surface area (Å²) < 4.78 is 36.3. The van der Waals surface area contributed by atoms with Gasteiger partial charge < -0.3 is 9.47 Å². The molecular formula is C23H23N3O5S. The molecule has 0 bridgehead atoms. The van der Waals surface area contributed by atoms with Crippen LogP contribution < -0.4 is 19.2 Å². The zero-order valence-corrected chi connectivity index (χ0v) is 18.5. The molecule has 0 aliphatic carbocycles. The molecule has 0 atom stereocenters. The highest BCUT2D eigenvalue weighted by Gasteiger charge is 2.20. The molecule has 0 spiro atoms. The number of ether oxygens (including phenoxy) is 2. The molecule has 0 unspecified atom stereocenters. The van der Waals surface area contributed by atoms with Crippen LogP contribution in [-0.2, 0) is 14.8 Å². The van der Waals surface area contributed by atoms with Crippen LogP contribution in [0.3, 0.4) is 0 Å². The fourth-order valence-electron chi connectivity index (χ4n) is 2.74. The largest absolute Gasteiger partial charge is 0.497 e. The number of carbonyl (C=O) groups excluding carboxylic acids is 1. The molecule has 0 fully saturated rings. The van der Waals surface area contributed by atoms with Crippen LogP contribution in [0.5, 0.6) is 17.2 Å². The van der Waals surface area contributed by atoms with Gasteiger partial charge in [-0.2, -0.15) is 5.10 Å². The maximum atomic E-state index is 12.3. The molecule has 0 heterocycles. The Morgan fingerprint density at radius 3 is 2.12 bits per heavy atom. The van der Waals surface area contributed by atoms with Gasteiger partial charge in [-0.15, -0.1) is 0 Å². The van der Waals surface area contributed by atoms with Gasteiger partial charge in [-0.3, -0.25) is 9.10 Å². The van der Waals surface area contributed by atoms with E-state index in [1.165, 1.54) is 6.21 Å². The molecule has 1 amide bonds. The Hall–Kier alpha value is -3.85.